The van der Waals surface area contributed by atoms with Crippen LogP contribution in [0.1, 0.15) is 82.1 Å². The van der Waals surface area contributed by atoms with Crippen molar-refractivity contribution in [1.82, 2.24) is 24.9 Å². The highest BCUT2D eigenvalue weighted by Gasteiger charge is 2.40. The molecular formula is C25H37F3N6S. The first-order valence-electron chi connectivity index (χ1n) is 12.6. The van der Waals surface area contributed by atoms with E-state index in [1.165, 1.54) is 0 Å². The highest BCUT2D eigenvalue weighted by atomic mass is 32.1. The van der Waals surface area contributed by atoms with Crippen LogP contribution in [0.2, 0.25) is 0 Å². The standard InChI is InChI=1S/C25H37F3N6S/c1-7-11-29-12-14-33(13-8-2)24-31-22(25(26,27)28)21(35-24)20-17(6)32-34-19(18(9-3)10-4)15-16(5)30-23(20)34/h15,18,29H,7-14H2,1-6H3. The van der Waals surface area contributed by atoms with Crippen molar-refractivity contribution in [3.63, 3.8) is 0 Å². The average Bonchev–Trinajstić information content (AvgIpc) is 3.37. The number of hydrogen-bond donors (Lipinski definition) is 1. The number of thiazole rings is 1. The first-order valence-corrected chi connectivity index (χ1v) is 13.4. The lowest BCUT2D eigenvalue weighted by molar-refractivity contribution is -0.140. The predicted molar refractivity (Wildman–Crippen MR) is 138 cm³/mol. The summed E-state index contributed by atoms with van der Waals surface area (Å²) in [7, 11) is 0. The number of aryl methyl sites for hydroxylation is 2. The summed E-state index contributed by atoms with van der Waals surface area (Å²) in [4.78, 5) is 10.8. The summed E-state index contributed by atoms with van der Waals surface area (Å²) >= 11 is 1.09. The molecule has 0 aliphatic rings. The van der Waals surface area contributed by atoms with Gasteiger partial charge in [-0.1, -0.05) is 39.0 Å². The van der Waals surface area contributed by atoms with E-state index in [0.717, 1.165) is 55.0 Å². The van der Waals surface area contributed by atoms with Gasteiger partial charge in [0.15, 0.2) is 16.5 Å². The topological polar surface area (TPSA) is 58.3 Å². The molecule has 10 heteroatoms. The van der Waals surface area contributed by atoms with E-state index in [0.29, 0.717) is 41.7 Å². The van der Waals surface area contributed by atoms with Crippen molar-refractivity contribution in [3.05, 3.63) is 28.8 Å². The van der Waals surface area contributed by atoms with Crippen molar-refractivity contribution in [2.45, 2.75) is 79.3 Å². The number of halogens is 3. The Kier molecular flexibility index (Phi) is 9.15. The zero-order chi connectivity index (χ0) is 25.8. The lowest BCUT2D eigenvalue weighted by atomic mass is 9.98. The van der Waals surface area contributed by atoms with Crippen LogP contribution in [0, 0.1) is 13.8 Å². The van der Waals surface area contributed by atoms with Crippen molar-refractivity contribution in [3.8, 4) is 10.4 Å². The molecule has 35 heavy (non-hydrogen) atoms. The fraction of sp³-hybridized carbons (Fsp3) is 0.640. The van der Waals surface area contributed by atoms with Crippen LogP contribution >= 0.6 is 11.3 Å². The molecule has 0 radical (unpaired) electrons. The van der Waals surface area contributed by atoms with E-state index in [-0.39, 0.29) is 10.8 Å². The molecule has 0 amide bonds. The molecule has 6 nitrogen and oxygen atoms in total. The van der Waals surface area contributed by atoms with E-state index >= 15 is 0 Å². The second-order valence-electron chi connectivity index (χ2n) is 8.94. The summed E-state index contributed by atoms with van der Waals surface area (Å²) in [5.74, 6) is 0.251. The van der Waals surface area contributed by atoms with Gasteiger partial charge in [0.05, 0.1) is 16.1 Å². The number of alkyl halides is 3. The quantitative estimate of drug-likeness (QED) is 0.278. The van der Waals surface area contributed by atoms with E-state index < -0.39 is 11.9 Å². The molecule has 0 aromatic carbocycles. The van der Waals surface area contributed by atoms with Crippen LogP contribution in [0.15, 0.2) is 6.07 Å². The van der Waals surface area contributed by atoms with E-state index in [9.17, 15) is 13.2 Å². The number of hydrogen-bond acceptors (Lipinski definition) is 6. The maximum absolute atomic E-state index is 14.2. The molecule has 3 aromatic rings. The van der Waals surface area contributed by atoms with E-state index in [4.69, 9.17) is 0 Å². The van der Waals surface area contributed by atoms with Gasteiger partial charge in [0.2, 0.25) is 0 Å². The van der Waals surface area contributed by atoms with Gasteiger partial charge in [-0.05, 0) is 52.1 Å². The van der Waals surface area contributed by atoms with Crippen LogP contribution < -0.4 is 10.2 Å². The largest absolute Gasteiger partial charge is 0.434 e. The summed E-state index contributed by atoms with van der Waals surface area (Å²) < 4.78 is 44.5. The van der Waals surface area contributed by atoms with Crippen LogP contribution in [-0.2, 0) is 6.18 Å². The molecule has 0 unspecified atom stereocenters. The van der Waals surface area contributed by atoms with Crippen LogP contribution in [0.3, 0.4) is 0 Å². The molecular weight excluding hydrogens is 473 g/mol. The van der Waals surface area contributed by atoms with Gasteiger partial charge in [-0.3, -0.25) is 0 Å². The van der Waals surface area contributed by atoms with Gasteiger partial charge in [-0.25, -0.2) is 14.5 Å². The van der Waals surface area contributed by atoms with Crippen molar-refractivity contribution in [2.75, 3.05) is 31.1 Å². The zero-order valence-corrected chi connectivity index (χ0v) is 22.4. The number of anilines is 1. The first kappa shape index (κ1) is 27.4. The normalized spacial score (nSPS) is 12.3. The molecule has 194 valence electrons. The van der Waals surface area contributed by atoms with Crippen LogP contribution in [0.5, 0.6) is 0 Å². The van der Waals surface area contributed by atoms with Crippen molar-refractivity contribution < 1.29 is 13.2 Å². The lowest BCUT2D eigenvalue weighted by Gasteiger charge is -2.21. The summed E-state index contributed by atoms with van der Waals surface area (Å²) in [6.07, 6.45) is -0.920. The fourth-order valence-electron chi connectivity index (χ4n) is 4.43. The molecule has 0 aliphatic heterocycles. The Balaban J connectivity index is 2.17. The molecule has 0 aliphatic carbocycles. The molecule has 3 rings (SSSR count). The van der Waals surface area contributed by atoms with E-state index in [1.54, 1.807) is 11.4 Å². The highest BCUT2D eigenvalue weighted by molar-refractivity contribution is 7.19. The first-order chi connectivity index (χ1) is 16.7. The molecule has 0 atom stereocenters. The lowest BCUT2D eigenvalue weighted by Crippen LogP contribution is -2.33. The van der Waals surface area contributed by atoms with Gasteiger partial charge >= 0.3 is 6.18 Å². The van der Waals surface area contributed by atoms with Crippen LogP contribution in [0.4, 0.5) is 18.3 Å². The minimum Gasteiger partial charge on any atom is -0.347 e. The number of rotatable bonds is 12. The SMILES string of the molecule is CCCNCCN(CCC)c1nc(C(F)(F)F)c(-c2c(C)nn3c(C(CC)CC)cc(C)nc23)s1. The van der Waals surface area contributed by atoms with Gasteiger partial charge in [-0.2, -0.15) is 18.3 Å². The van der Waals surface area contributed by atoms with Crippen LogP contribution in [-0.4, -0.2) is 45.8 Å². The molecule has 3 heterocycles. The summed E-state index contributed by atoms with van der Waals surface area (Å²) in [5, 5.41) is 8.39. The van der Waals surface area contributed by atoms with Gasteiger partial charge < -0.3 is 10.2 Å². The number of nitrogens with one attached hydrogen (secondary N) is 1. The maximum Gasteiger partial charge on any atom is 0.434 e. The molecule has 3 aromatic heterocycles. The average molecular weight is 511 g/mol. The summed E-state index contributed by atoms with van der Waals surface area (Å²) in [5.41, 5.74) is 2.33. The highest BCUT2D eigenvalue weighted by Crippen LogP contribution is 2.45. The minimum atomic E-state index is -4.58. The van der Waals surface area contributed by atoms with Crippen molar-refractivity contribution in [1.29, 1.82) is 0 Å². The molecule has 0 saturated heterocycles. The Hall–Kier alpha value is -2.20. The second kappa shape index (κ2) is 11.7. The smallest absolute Gasteiger partial charge is 0.347 e. The molecule has 0 bridgehead atoms. The van der Waals surface area contributed by atoms with Gasteiger partial charge in [0.25, 0.3) is 0 Å². The Morgan fingerprint density at radius 2 is 1.74 bits per heavy atom. The third kappa shape index (κ3) is 5.97. The van der Waals surface area contributed by atoms with Crippen molar-refractivity contribution in [2.24, 2.45) is 0 Å². The number of aromatic nitrogens is 4. The molecule has 0 spiro atoms. The molecule has 1 N–H and O–H groups in total. The second-order valence-corrected chi connectivity index (χ2v) is 9.92. The Bertz CT molecular complexity index is 1120. The Labute approximate surface area is 210 Å². The zero-order valence-electron chi connectivity index (χ0n) is 21.6. The predicted octanol–water partition coefficient (Wildman–Crippen LogP) is 6.61. The number of nitrogens with zero attached hydrogens (tertiary/aromatic N) is 5. The third-order valence-corrected chi connectivity index (χ3v) is 7.32. The fourth-order valence-corrected chi connectivity index (χ4v) is 5.66. The van der Waals surface area contributed by atoms with Gasteiger partial charge in [-0.15, -0.1) is 0 Å². The summed E-state index contributed by atoms with van der Waals surface area (Å²) in [6, 6.07) is 2.00. The monoisotopic (exact) mass is 510 g/mol. The van der Waals surface area contributed by atoms with Crippen LogP contribution in [0.25, 0.3) is 16.1 Å². The third-order valence-electron chi connectivity index (χ3n) is 6.18. The Morgan fingerprint density at radius 3 is 2.34 bits per heavy atom. The van der Waals surface area contributed by atoms with Gasteiger partial charge in [0.1, 0.15) is 0 Å². The Morgan fingerprint density at radius 1 is 1.03 bits per heavy atom. The minimum absolute atomic E-state index is 0.0937. The molecule has 0 saturated carbocycles. The number of fused-ring (bicyclic) bond motifs is 1. The maximum atomic E-state index is 14.2. The van der Waals surface area contributed by atoms with Gasteiger partial charge in [0, 0.05) is 36.9 Å². The molecule has 0 fully saturated rings. The van der Waals surface area contributed by atoms with E-state index in [2.05, 4.69) is 41.2 Å². The van der Waals surface area contributed by atoms with E-state index in [1.807, 2.05) is 24.8 Å². The summed E-state index contributed by atoms with van der Waals surface area (Å²) in [6.45, 7) is 14.8. The van der Waals surface area contributed by atoms with Crippen molar-refractivity contribution >= 4 is 22.1 Å².